The van der Waals surface area contributed by atoms with E-state index in [1.807, 2.05) is 13.8 Å². The van der Waals surface area contributed by atoms with Gasteiger partial charge in [-0.2, -0.15) is 0 Å². The largest absolute Gasteiger partial charge is 0.497 e. The summed E-state index contributed by atoms with van der Waals surface area (Å²) in [7, 11) is 1.55. The van der Waals surface area contributed by atoms with Crippen LogP contribution in [0.4, 0.5) is 20.6 Å². The summed E-state index contributed by atoms with van der Waals surface area (Å²) in [6.45, 7) is 4.13. The van der Waals surface area contributed by atoms with Crippen molar-refractivity contribution < 1.29 is 23.5 Å². The number of methoxy groups -OCH3 is 1. The Morgan fingerprint density at radius 1 is 1.17 bits per heavy atom. The third kappa shape index (κ3) is 4.59. The van der Waals surface area contributed by atoms with Crippen molar-refractivity contribution in [3.8, 4) is 5.75 Å². The minimum atomic E-state index is -0.957. The lowest BCUT2D eigenvalue weighted by molar-refractivity contribution is -0.124. The molecule has 1 heterocycles. The van der Waals surface area contributed by atoms with E-state index in [4.69, 9.17) is 4.74 Å². The summed E-state index contributed by atoms with van der Waals surface area (Å²) in [6.07, 6.45) is -0.199. The average Bonchev–Trinajstić information content (AvgIpc) is 2.92. The number of nitrogens with zero attached hydrogens (tertiary/aromatic N) is 2. The van der Waals surface area contributed by atoms with Crippen molar-refractivity contribution in [3.63, 3.8) is 0 Å². The molecule has 0 aromatic heterocycles. The average molecular weight is 413 g/mol. The van der Waals surface area contributed by atoms with Gasteiger partial charge < -0.3 is 15.0 Å². The maximum absolute atomic E-state index is 13.6. The van der Waals surface area contributed by atoms with E-state index in [9.17, 15) is 18.8 Å². The molecule has 8 heteroatoms. The molecule has 158 valence electrons. The highest BCUT2D eigenvalue weighted by atomic mass is 19.1. The van der Waals surface area contributed by atoms with Crippen LogP contribution in [0.15, 0.2) is 48.5 Å². The SMILES string of the molecule is COc1ccc(NC(=O)CC2C(=O)N(c3cccc(F)c3)C(=O)N2CC(C)C)cc1. The number of rotatable bonds is 7. The van der Waals surface area contributed by atoms with Gasteiger partial charge in [0, 0.05) is 12.2 Å². The summed E-state index contributed by atoms with van der Waals surface area (Å²) >= 11 is 0. The van der Waals surface area contributed by atoms with Crippen LogP contribution in [0.3, 0.4) is 0 Å². The first-order valence-corrected chi connectivity index (χ1v) is 9.64. The van der Waals surface area contributed by atoms with Gasteiger partial charge in [-0.1, -0.05) is 19.9 Å². The number of nitrogens with one attached hydrogen (secondary N) is 1. The second-order valence-electron chi connectivity index (χ2n) is 7.48. The molecule has 4 amide bonds. The van der Waals surface area contributed by atoms with Crippen molar-refractivity contribution in [3.05, 3.63) is 54.3 Å². The molecule has 7 nitrogen and oxygen atoms in total. The predicted molar refractivity (Wildman–Crippen MR) is 111 cm³/mol. The second-order valence-corrected chi connectivity index (χ2v) is 7.48. The van der Waals surface area contributed by atoms with E-state index in [-0.39, 0.29) is 18.0 Å². The Balaban J connectivity index is 1.80. The first-order valence-electron chi connectivity index (χ1n) is 9.64. The molecular weight excluding hydrogens is 389 g/mol. The minimum absolute atomic E-state index is 0.0846. The van der Waals surface area contributed by atoms with Crippen LogP contribution in [0.5, 0.6) is 5.75 Å². The molecule has 1 fully saturated rings. The fourth-order valence-corrected chi connectivity index (χ4v) is 3.35. The monoisotopic (exact) mass is 413 g/mol. The highest BCUT2D eigenvalue weighted by Crippen LogP contribution is 2.28. The summed E-state index contributed by atoms with van der Waals surface area (Å²) in [5.41, 5.74) is 0.701. The molecule has 30 heavy (non-hydrogen) atoms. The number of hydrogen-bond donors (Lipinski definition) is 1. The maximum Gasteiger partial charge on any atom is 0.332 e. The number of benzene rings is 2. The molecule has 0 saturated carbocycles. The topological polar surface area (TPSA) is 79.0 Å². The van der Waals surface area contributed by atoms with E-state index in [1.54, 1.807) is 31.4 Å². The number of imide groups is 1. The van der Waals surface area contributed by atoms with Gasteiger partial charge in [-0.3, -0.25) is 9.59 Å². The third-order valence-electron chi connectivity index (χ3n) is 4.70. The van der Waals surface area contributed by atoms with Gasteiger partial charge in [0.2, 0.25) is 5.91 Å². The number of hydrogen-bond acceptors (Lipinski definition) is 4. The van der Waals surface area contributed by atoms with Gasteiger partial charge in [-0.15, -0.1) is 0 Å². The van der Waals surface area contributed by atoms with Crippen LogP contribution in [-0.4, -0.2) is 42.4 Å². The molecule has 2 aromatic carbocycles. The Bertz CT molecular complexity index is 946. The zero-order chi connectivity index (χ0) is 21.8. The molecule has 0 bridgehead atoms. The fourth-order valence-electron chi connectivity index (χ4n) is 3.35. The van der Waals surface area contributed by atoms with Crippen LogP contribution in [-0.2, 0) is 9.59 Å². The Morgan fingerprint density at radius 2 is 1.87 bits per heavy atom. The molecule has 1 atom stereocenters. The third-order valence-corrected chi connectivity index (χ3v) is 4.70. The quantitative estimate of drug-likeness (QED) is 0.703. The Hall–Kier alpha value is -3.42. The van der Waals surface area contributed by atoms with Crippen LogP contribution >= 0.6 is 0 Å². The number of amides is 4. The Kier molecular flexibility index (Phi) is 6.34. The number of carbonyl (C=O) groups excluding carboxylic acids is 3. The number of halogens is 1. The van der Waals surface area contributed by atoms with Crippen LogP contribution in [0, 0.1) is 11.7 Å². The van der Waals surface area contributed by atoms with Crippen LogP contribution in [0.2, 0.25) is 0 Å². The van der Waals surface area contributed by atoms with E-state index in [1.165, 1.54) is 23.1 Å². The van der Waals surface area contributed by atoms with Gasteiger partial charge in [0.05, 0.1) is 19.2 Å². The van der Waals surface area contributed by atoms with Gasteiger partial charge in [0.15, 0.2) is 0 Å². The van der Waals surface area contributed by atoms with E-state index in [0.29, 0.717) is 18.0 Å². The van der Waals surface area contributed by atoms with Crippen LogP contribution < -0.4 is 15.0 Å². The van der Waals surface area contributed by atoms with Gasteiger partial charge in [0.25, 0.3) is 5.91 Å². The number of anilines is 2. The van der Waals surface area contributed by atoms with Crippen molar-refractivity contribution in [1.82, 2.24) is 4.90 Å². The summed E-state index contributed by atoms with van der Waals surface area (Å²) in [4.78, 5) is 40.9. The van der Waals surface area contributed by atoms with E-state index in [0.717, 1.165) is 11.0 Å². The summed E-state index contributed by atoms with van der Waals surface area (Å²) in [5.74, 6) is -0.763. The Morgan fingerprint density at radius 3 is 2.47 bits per heavy atom. The molecule has 0 aliphatic carbocycles. The van der Waals surface area contributed by atoms with Crippen LogP contribution in [0.1, 0.15) is 20.3 Å². The summed E-state index contributed by atoms with van der Waals surface area (Å²) < 4.78 is 18.7. The minimum Gasteiger partial charge on any atom is -0.497 e. The van der Waals surface area contributed by atoms with Gasteiger partial charge in [0.1, 0.15) is 17.6 Å². The predicted octanol–water partition coefficient (Wildman–Crippen LogP) is 3.66. The lowest BCUT2D eigenvalue weighted by Crippen LogP contribution is -2.40. The zero-order valence-corrected chi connectivity index (χ0v) is 17.1. The van der Waals surface area contributed by atoms with Crippen molar-refractivity contribution in [2.24, 2.45) is 5.92 Å². The zero-order valence-electron chi connectivity index (χ0n) is 17.1. The lowest BCUT2D eigenvalue weighted by Gasteiger charge is -2.23. The normalized spacial score (nSPS) is 16.4. The second kappa shape index (κ2) is 8.94. The lowest BCUT2D eigenvalue weighted by atomic mass is 10.1. The molecule has 2 aromatic rings. The first kappa shape index (κ1) is 21.3. The number of ether oxygens (including phenoxy) is 1. The van der Waals surface area contributed by atoms with Gasteiger partial charge in [-0.25, -0.2) is 14.1 Å². The molecule has 0 spiro atoms. The van der Waals surface area contributed by atoms with E-state index in [2.05, 4.69) is 5.32 Å². The number of urea groups is 1. The molecule has 0 radical (unpaired) electrons. The van der Waals surface area contributed by atoms with E-state index >= 15 is 0 Å². The maximum atomic E-state index is 13.6. The molecule has 1 N–H and O–H groups in total. The molecule has 3 rings (SSSR count). The smallest absolute Gasteiger partial charge is 0.332 e. The molecule has 1 aliphatic rings. The number of carbonyl (C=O) groups is 3. The Labute approximate surface area is 174 Å². The highest BCUT2D eigenvalue weighted by molar-refractivity contribution is 6.22. The molecule has 1 aliphatic heterocycles. The van der Waals surface area contributed by atoms with Crippen molar-refractivity contribution in [2.75, 3.05) is 23.9 Å². The van der Waals surface area contributed by atoms with E-state index < -0.39 is 29.7 Å². The van der Waals surface area contributed by atoms with Crippen molar-refractivity contribution in [1.29, 1.82) is 0 Å². The van der Waals surface area contributed by atoms with Crippen LogP contribution in [0.25, 0.3) is 0 Å². The highest BCUT2D eigenvalue weighted by Gasteiger charge is 2.46. The summed E-state index contributed by atoms with van der Waals surface area (Å²) in [5, 5.41) is 2.73. The fraction of sp³-hybridized carbons (Fsp3) is 0.318. The standard InChI is InChI=1S/C22H24FN3O4/c1-14(2)13-25-19(12-20(27)24-16-7-9-18(30-3)10-8-16)21(28)26(22(25)29)17-6-4-5-15(23)11-17/h4-11,14,19H,12-13H2,1-3H3,(H,24,27). The summed E-state index contributed by atoms with van der Waals surface area (Å²) in [6, 6.07) is 10.6. The molecule has 1 unspecified atom stereocenters. The van der Waals surface area contributed by atoms with Gasteiger partial charge >= 0.3 is 6.03 Å². The molecular formula is C22H24FN3O4. The first-order chi connectivity index (χ1) is 14.3. The van der Waals surface area contributed by atoms with Crippen molar-refractivity contribution >= 4 is 29.2 Å². The molecule has 1 saturated heterocycles. The van der Waals surface area contributed by atoms with Gasteiger partial charge in [-0.05, 0) is 48.4 Å². The van der Waals surface area contributed by atoms with Crippen molar-refractivity contribution in [2.45, 2.75) is 26.3 Å².